The molecule has 0 radical (unpaired) electrons. The SMILES string of the molecule is CCCNC(C)c1ccncc1Cl. The first-order valence-corrected chi connectivity index (χ1v) is 4.96. The third-order valence-electron chi connectivity index (χ3n) is 1.97. The number of halogens is 1. The summed E-state index contributed by atoms with van der Waals surface area (Å²) in [5.74, 6) is 0. The van der Waals surface area contributed by atoms with Crippen LogP contribution in [0.3, 0.4) is 0 Å². The number of nitrogens with zero attached hydrogens (tertiary/aromatic N) is 1. The summed E-state index contributed by atoms with van der Waals surface area (Å²) in [6, 6.07) is 2.26. The van der Waals surface area contributed by atoms with Gasteiger partial charge in [0.15, 0.2) is 0 Å². The summed E-state index contributed by atoms with van der Waals surface area (Å²) in [4.78, 5) is 3.95. The van der Waals surface area contributed by atoms with E-state index in [1.54, 1.807) is 12.4 Å². The summed E-state index contributed by atoms with van der Waals surface area (Å²) in [7, 11) is 0. The molecule has 1 rings (SSSR count). The Morgan fingerprint density at radius 3 is 3.00 bits per heavy atom. The largest absolute Gasteiger partial charge is 0.310 e. The zero-order valence-corrected chi connectivity index (χ0v) is 8.80. The fourth-order valence-electron chi connectivity index (χ4n) is 1.21. The van der Waals surface area contributed by atoms with Crippen molar-refractivity contribution in [1.29, 1.82) is 0 Å². The molecule has 2 nitrogen and oxygen atoms in total. The Bertz CT molecular complexity index is 263. The molecule has 0 aliphatic carbocycles. The van der Waals surface area contributed by atoms with Crippen LogP contribution in [0.2, 0.25) is 5.02 Å². The number of hydrogen-bond donors (Lipinski definition) is 1. The van der Waals surface area contributed by atoms with E-state index in [1.165, 1.54) is 0 Å². The van der Waals surface area contributed by atoms with Gasteiger partial charge in [0.25, 0.3) is 0 Å². The van der Waals surface area contributed by atoms with Crippen LogP contribution in [0.25, 0.3) is 0 Å². The van der Waals surface area contributed by atoms with Crippen LogP contribution in [-0.4, -0.2) is 11.5 Å². The Hall–Kier alpha value is -0.600. The van der Waals surface area contributed by atoms with E-state index in [9.17, 15) is 0 Å². The fourth-order valence-corrected chi connectivity index (χ4v) is 1.49. The lowest BCUT2D eigenvalue weighted by molar-refractivity contribution is 0.570. The third-order valence-corrected chi connectivity index (χ3v) is 2.29. The molecule has 0 aromatic carbocycles. The molecule has 1 heterocycles. The highest BCUT2D eigenvalue weighted by Gasteiger charge is 2.07. The molecule has 1 aromatic heterocycles. The van der Waals surface area contributed by atoms with Gasteiger partial charge in [-0.3, -0.25) is 4.98 Å². The summed E-state index contributed by atoms with van der Waals surface area (Å²) < 4.78 is 0. The van der Waals surface area contributed by atoms with Crippen LogP contribution in [0.5, 0.6) is 0 Å². The average Bonchev–Trinajstić information content (AvgIpc) is 2.15. The van der Waals surface area contributed by atoms with Gasteiger partial charge in [-0.1, -0.05) is 18.5 Å². The maximum Gasteiger partial charge on any atom is 0.0636 e. The first-order valence-electron chi connectivity index (χ1n) is 4.58. The van der Waals surface area contributed by atoms with Gasteiger partial charge in [0.2, 0.25) is 0 Å². The second-order valence-electron chi connectivity index (χ2n) is 3.07. The molecule has 1 atom stereocenters. The van der Waals surface area contributed by atoms with Crippen molar-refractivity contribution in [1.82, 2.24) is 10.3 Å². The van der Waals surface area contributed by atoms with Gasteiger partial charge in [-0.2, -0.15) is 0 Å². The van der Waals surface area contributed by atoms with Crippen LogP contribution in [0, 0.1) is 0 Å². The smallest absolute Gasteiger partial charge is 0.0636 e. The Kier molecular flexibility index (Phi) is 4.19. The minimum atomic E-state index is 0.301. The predicted molar refractivity (Wildman–Crippen MR) is 56.0 cm³/mol. The molecule has 1 aromatic rings. The number of hydrogen-bond acceptors (Lipinski definition) is 2. The van der Waals surface area contributed by atoms with Gasteiger partial charge in [0, 0.05) is 18.4 Å². The lowest BCUT2D eigenvalue weighted by atomic mass is 10.1. The van der Waals surface area contributed by atoms with E-state index in [4.69, 9.17) is 11.6 Å². The van der Waals surface area contributed by atoms with Gasteiger partial charge in [-0.25, -0.2) is 0 Å². The second-order valence-corrected chi connectivity index (χ2v) is 3.48. The Morgan fingerprint density at radius 1 is 1.62 bits per heavy atom. The summed E-state index contributed by atoms with van der Waals surface area (Å²) in [5, 5.41) is 4.11. The molecule has 0 saturated carbocycles. The molecular weight excluding hydrogens is 184 g/mol. The van der Waals surface area contributed by atoms with E-state index in [-0.39, 0.29) is 0 Å². The molecule has 72 valence electrons. The average molecular weight is 199 g/mol. The first kappa shape index (κ1) is 10.5. The molecular formula is C10H15ClN2. The topological polar surface area (TPSA) is 24.9 Å². The summed E-state index contributed by atoms with van der Waals surface area (Å²) in [6.45, 7) is 5.27. The molecule has 0 fully saturated rings. The van der Waals surface area contributed by atoms with Gasteiger partial charge >= 0.3 is 0 Å². The van der Waals surface area contributed by atoms with Crippen molar-refractivity contribution in [3.8, 4) is 0 Å². The second kappa shape index (κ2) is 5.20. The lowest BCUT2D eigenvalue weighted by Gasteiger charge is -2.14. The zero-order valence-electron chi connectivity index (χ0n) is 8.05. The van der Waals surface area contributed by atoms with E-state index >= 15 is 0 Å². The number of nitrogens with one attached hydrogen (secondary N) is 1. The summed E-state index contributed by atoms with van der Waals surface area (Å²) >= 11 is 6.00. The summed E-state index contributed by atoms with van der Waals surface area (Å²) in [5.41, 5.74) is 1.12. The molecule has 1 unspecified atom stereocenters. The Labute approximate surface area is 84.3 Å². The van der Waals surface area contributed by atoms with Crippen molar-refractivity contribution in [2.75, 3.05) is 6.54 Å². The van der Waals surface area contributed by atoms with Gasteiger partial charge in [-0.15, -0.1) is 0 Å². The lowest BCUT2D eigenvalue weighted by Crippen LogP contribution is -2.19. The number of aromatic nitrogens is 1. The fraction of sp³-hybridized carbons (Fsp3) is 0.500. The van der Waals surface area contributed by atoms with Crippen molar-refractivity contribution in [3.63, 3.8) is 0 Å². The van der Waals surface area contributed by atoms with Crippen molar-refractivity contribution in [3.05, 3.63) is 29.0 Å². The molecule has 0 bridgehead atoms. The van der Waals surface area contributed by atoms with Gasteiger partial charge in [-0.05, 0) is 31.5 Å². The van der Waals surface area contributed by atoms with Crippen LogP contribution >= 0.6 is 11.6 Å². The van der Waals surface area contributed by atoms with E-state index < -0.39 is 0 Å². The molecule has 0 aliphatic rings. The van der Waals surface area contributed by atoms with E-state index in [1.807, 2.05) is 6.07 Å². The zero-order chi connectivity index (χ0) is 9.68. The van der Waals surface area contributed by atoms with Crippen LogP contribution in [0.15, 0.2) is 18.5 Å². The molecule has 0 aliphatic heterocycles. The Morgan fingerprint density at radius 2 is 2.38 bits per heavy atom. The van der Waals surface area contributed by atoms with Crippen molar-refractivity contribution >= 4 is 11.6 Å². The van der Waals surface area contributed by atoms with Crippen molar-refractivity contribution in [2.24, 2.45) is 0 Å². The van der Waals surface area contributed by atoms with Crippen LogP contribution in [0.1, 0.15) is 31.9 Å². The van der Waals surface area contributed by atoms with Crippen LogP contribution in [0.4, 0.5) is 0 Å². The molecule has 0 spiro atoms. The van der Waals surface area contributed by atoms with E-state index in [0.717, 1.165) is 23.6 Å². The van der Waals surface area contributed by atoms with Gasteiger partial charge in [0.05, 0.1) is 5.02 Å². The molecule has 0 saturated heterocycles. The minimum Gasteiger partial charge on any atom is -0.310 e. The minimum absolute atomic E-state index is 0.301. The first-order chi connectivity index (χ1) is 6.25. The number of rotatable bonds is 4. The quantitative estimate of drug-likeness (QED) is 0.805. The molecule has 3 heteroatoms. The highest BCUT2D eigenvalue weighted by atomic mass is 35.5. The number of pyridine rings is 1. The highest BCUT2D eigenvalue weighted by molar-refractivity contribution is 6.31. The normalized spacial score (nSPS) is 12.8. The highest BCUT2D eigenvalue weighted by Crippen LogP contribution is 2.20. The van der Waals surface area contributed by atoms with Crippen LogP contribution in [-0.2, 0) is 0 Å². The maximum atomic E-state index is 6.00. The Balaban J connectivity index is 2.65. The molecule has 1 N–H and O–H groups in total. The van der Waals surface area contributed by atoms with Crippen molar-refractivity contribution < 1.29 is 0 Å². The third kappa shape index (κ3) is 2.98. The van der Waals surface area contributed by atoms with Crippen LogP contribution < -0.4 is 5.32 Å². The summed E-state index contributed by atoms with van der Waals surface area (Å²) in [6.07, 6.45) is 4.58. The molecule has 13 heavy (non-hydrogen) atoms. The van der Waals surface area contributed by atoms with Gasteiger partial charge < -0.3 is 5.32 Å². The maximum absolute atomic E-state index is 6.00. The van der Waals surface area contributed by atoms with E-state index in [0.29, 0.717) is 6.04 Å². The predicted octanol–water partition coefficient (Wildman–Crippen LogP) is 2.80. The molecule has 0 amide bonds. The van der Waals surface area contributed by atoms with E-state index in [2.05, 4.69) is 24.1 Å². The monoisotopic (exact) mass is 198 g/mol. The standard InChI is InChI=1S/C10H15ClN2/c1-3-5-13-8(2)9-4-6-12-7-10(9)11/h4,6-8,13H,3,5H2,1-2H3. The van der Waals surface area contributed by atoms with Gasteiger partial charge in [0.1, 0.15) is 0 Å². The van der Waals surface area contributed by atoms with Crippen molar-refractivity contribution in [2.45, 2.75) is 26.3 Å².